The number of thioether (sulfide) groups is 1. The molecular weight excluding hydrogens is 370 g/mol. The van der Waals surface area contributed by atoms with Crippen LogP contribution in [0.15, 0.2) is 65.2 Å². The fraction of sp³-hybridized carbons (Fsp3) is 0.111. The molecule has 6 nitrogen and oxygen atoms in total. The lowest BCUT2D eigenvalue weighted by molar-refractivity contribution is 0.530. The van der Waals surface area contributed by atoms with Crippen LogP contribution in [0.1, 0.15) is 11.7 Å². The Kier molecular flexibility index (Phi) is 4.99. The zero-order valence-corrected chi connectivity index (χ0v) is 15.2. The van der Waals surface area contributed by atoms with Crippen molar-refractivity contribution in [1.29, 1.82) is 0 Å². The predicted octanol–water partition coefficient (Wildman–Crippen LogP) is 4.40. The average molecular weight is 384 g/mol. The zero-order chi connectivity index (χ0) is 17.8. The van der Waals surface area contributed by atoms with E-state index < -0.39 is 0 Å². The summed E-state index contributed by atoms with van der Waals surface area (Å²) in [5.74, 6) is 3.46. The van der Waals surface area contributed by atoms with E-state index in [-0.39, 0.29) is 0 Å². The molecule has 0 saturated heterocycles. The molecule has 4 rings (SSSR count). The van der Waals surface area contributed by atoms with E-state index in [2.05, 4.69) is 20.5 Å². The van der Waals surface area contributed by atoms with Crippen LogP contribution in [-0.4, -0.2) is 25.2 Å². The van der Waals surface area contributed by atoms with Crippen LogP contribution < -0.4 is 0 Å². The van der Waals surface area contributed by atoms with Crippen LogP contribution in [0.4, 0.5) is 0 Å². The predicted molar refractivity (Wildman–Crippen MR) is 101 cm³/mol. The highest BCUT2D eigenvalue weighted by molar-refractivity contribution is 7.97. The van der Waals surface area contributed by atoms with Crippen molar-refractivity contribution in [2.45, 2.75) is 11.5 Å². The first kappa shape index (κ1) is 16.8. The lowest BCUT2D eigenvalue weighted by Gasteiger charge is -2.03. The number of nitrogens with zero attached hydrogens (tertiary/aromatic N) is 5. The van der Waals surface area contributed by atoms with E-state index in [0.717, 1.165) is 22.8 Å². The van der Waals surface area contributed by atoms with Crippen molar-refractivity contribution in [2.24, 2.45) is 0 Å². The van der Waals surface area contributed by atoms with Crippen LogP contribution >= 0.6 is 23.4 Å². The number of rotatable bonds is 6. The van der Waals surface area contributed by atoms with Crippen LogP contribution in [-0.2, 0) is 11.5 Å². The second-order valence-corrected chi connectivity index (χ2v) is 6.88. The minimum absolute atomic E-state index is 0.634. The fourth-order valence-electron chi connectivity index (χ4n) is 2.42. The number of oxazole rings is 1. The first-order valence-electron chi connectivity index (χ1n) is 7.91. The van der Waals surface area contributed by atoms with Crippen LogP contribution in [0.25, 0.3) is 17.0 Å². The van der Waals surface area contributed by atoms with Gasteiger partial charge in [-0.3, -0.25) is 0 Å². The first-order valence-corrected chi connectivity index (χ1v) is 9.44. The van der Waals surface area contributed by atoms with Crippen molar-refractivity contribution < 1.29 is 4.42 Å². The van der Waals surface area contributed by atoms with Gasteiger partial charge in [0, 0.05) is 10.6 Å². The lowest BCUT2D eigenvalue weighted by Crippen LogP contribution is -2.01. The number of tetrazole rings is 1. The van der Waals surface area contributed by atoms with Crippen LogP contribution in [0.5, 0.6) is 0 Å². The maximum Gasteiger partial charge on any atom is 0.204 e. The minimum Gasteiger partial charge on any atom is -0.440 e. The summed E-state index contributed by atoms with van der Waals surface area (Å²) in [5, 5.41) is 12.6. The lowest BCUT2D eigenvalue weighted by atomic mass is 10.2. The van der Waals surface area contributed by atoms with Crippen LogP contribution in [0, 0.1) is 0 Å². The van der Waals surface area contributed by atoms with Crippen molar-refractivity contribution in [3.63, 3.8) is 0 Å². The van der Waals surface area contributed by atoms with Gasteiger partial charge in [0.15, 0.2) is 11.6 Å². The third-order valence-corrected chi connectivity index (χ3v) is 4.84. The summed E-state index contributed by atoms with van der Waals surface area (Å²) >= 11 is 7.55. The van der Waals surface area contributed by atoms with E-state index in [1.807, 2.05) is 54.6 Å². The van der Waals surface area contributed by atoms with Crippen molar-refractivity contribution in [3.05, 3.63) is 77.5 Å². The fourth-order valence-corrected chi connectivity index (χ4v) is 3.32. The molecule has 2 heterocycles. The molecule has 0 fully saturated rings. The van der Waals surface area contributed by atoms with Gasteiger partial charge in [0.25, 0.3) is 0 Å². The Morgan fingerprint density at radius 1 is 1.00 bits per heavy atom. The van der Waals surface area contributed by atoms with Crippen molar-refractivity contribution in [2.75, 3.05) is 0 Å². The standard InChI is InChI=1S/C18H14ClN5OS/c19-14-8-6-13(7-9-14)16-10-20-18(25-16)12-26-11-17-21-22-23-24(17)15-4-2-1-3-5-15/h1-10H,11-12H2. The van der Waals surface area contributed by atoms with Gasteiger partial charge in [0.05, 0.1) is 23.4 Å². The maximum atomic E-state index is 5.91. The molecule has 0 amide bonds. The smallest absolute Gasteiger partial charge is 0.204 e. The number of aromatic nitrogens is 5. The summed E-state index contributed by atoms with van der Waals surface area (Å²) < 4.78 is 7.55. The SMILES string of the molecule is Clc1ccc(-c2cnc(CSCc3nnnn3-c3ccccc3)o2)cc1. The van der Waals surface area contributed by atoms with Crippen molar-refractivity contribution >= 4 is 23.4 Å². The average Bonchev–Trinajstić information content (AvgIpc) is 3.33. The first-order chi connectivity index (χ1) is 12.8. The quantitative estimate of drug-likeness (QED) is 0.491. The topological polar surface area (TPSA) is 69.6 Å². The monoisotopic (exact) mass is 383 g/mol. The van der Waals surface area contributed by atoms with E-state index in [1.165, 1.54) is 0 Å². The highest BCUT2D eigenvalue weighted by Gasteiger charge is 2.10. The Bertz CT molecular complexity index is 984. The molecule has 26 heavy (non-hydrogen) atoms. The summed E-state index contributed by atoms with van der Waals surface area (Å²) in [6.07, 6.45) is 1.73. The molecule has 0 aliphatic carbocycles. The van der Waals surface area contributed by atoms with Gasteiger partial charge in [-0.05, 0) is 46.8 Å². The molecule has 0 spiro atoms. The molecule has 130 valence electrons. The molecule has 2 aromatic carbocycles. The minimum atomic E-state index is 0.634. The summed E-state index contributed by atoms with van der Waals surface area (Å²) in [6, 6.07) is 17.3. The van der Waals surface area contributed by atoms with Crippen LogP contribution in [0.3, 0.4) is 0 Å². The number of hydrogen-bond acceptors (Lipinski definition) is 6. The molecule has 0 N–H and O–H groups in total. The Morgan fingerprint density at radius 3 is 2.62 bits per heavy atom. The normalized spacial score (nSPS) is 11.0. The highest BCUT2D eigenvalue weighted by Crippen LogP contribution is 2.24. The van der Waals surface area contributed by atoms with Gasteiger partial charge >= 0.3 is 0 Å². The molecular formula is C18H14ClN5OS. The molecule has 0 aliphatic heterocycles. The van der Waals surface area contributed by atoms with E-state index in [4.69, 9.17) is 16.0 Å². The zero-order valence-electron chi connectivity index (χ0n) is 13.6. The molecule has 0 saturated carbocycles. The largest absolute Gasteiger partial charge is 0.440 e. The molecule has 4 aromatic rings. The van der Waals surface area contributed by atoms with Crippen molar-refractivity contribution in [1.82, 2.24) is 25.2 Å². The van der Waals surface area contributed by atoms with E-state index in [0.29, 0.717) is 22.4 Å². The number of hydrogen-bond donors (Lipinski definition) is 0. The Balaban J connectivity index is 1.39. The van der Waals surface area contributed by atoms with E-state index in [9.17, 15) is 0 Å². The van der Waals surface area contributed by atoms with Gasteiger partial charge < -0.3 is 4.42 Å². The summed E-state index contributed by atoms with van der Waals surface area (Å²) in [7, 11) is 0. The summed E-state index contributed by atoms with van der Waals surface area (Å²) in [6.45, 7) is 0. The molecule has 2 aromatic heterocycles. The molecule has 0 radical (unpaired) electrons. The summed E-state index contributed by atoms with van der Waals surface area (Å²) in [4.78, 5) is 4.34. The Hall–Kier alpha value is -2.64. The second kappa shape index (κ2) is 7.72. The van der Waals surface area contributed by atoms with Crippen molar-refractivity contribution in [3.8, 4) is 17.0 Å². The van der Waals surface area contributed by atoms with Gasteiger partial charge in [-0.1, -0.05) is 29.8 Å². The highest BCUT2D eigenvalue weighted by atomic mass is 35.5. The summed E-state index contributed by atoms with van der Waals surface area (Å²) in [5.41, 5.74) is 1.89. The van der Waals surface area contributed by atoms with Gasteiger partial charge in [-0.2, -0.15) is 4.68 Å². The van der Waals surface area contributed by atoms with Gasteiger partial charge in [-0.25, -0.2) is 4.98 Å². The van der Waals surface area contributed by atoms with Crippen LogP contribution in [0.2, 0.25) is 5.02 Å². The second-order valence-electron chi connectivity index (χ2n) is 5.46. The maximum absolute atomic E-state index is 5.91. The number of benzene rings is 2. The van der Waals surface area contributed by atoms with E-state index in [1.54, 1.807) is 22.6 Å². The van der Waals surface area contributed by atoms with E-state index >= 15 is 0 Å². The third-order valence-electron chi connectivity index (χ3n) is 3.67. The van der Waals surface area contributed by atoms with Gasteiger partial charge in [0.1, 0.15) is 0 Å². The number of para-hydroxylation sites is 1. The van der Waals surface area contributed by atoms with Gasteiger partial charge in [0.2, 0.25) is 5.89 Å². The Labute approximate surface area is 159 Å². The molecule has 0 unspecified atom stereocenters. The molecule has 0 bridgehead atoms. The Morgan fingerprint density at radius 2 is 1.81 bits per heavy atom. The molecule has 0 atom stereocenters. The molecule has 0 aliphatic rings. The number of halogens is 1. The van der Waals surface area contributed by atoms with Gasteiger partial charge in [-0.15, -0.1) is 16.9 Å². The third kappa shape index (κ3) is 3.79. The molecule has 8 heteroatoms.